The lowest BCUT2D eigenvalue weighted by Gasteiger charge is -2.15. The van der Waals surface area contributed by atoms with E-state index in [9.17, 15) is 24.6 Å². The van der Waals surface area contributed by atoms with Crippen LogP contribution in [0.5, 0.6) is 0 Å². The van der Waals surface area contributed by atoms with E-state index < -0.39 is 9.85 Å². The third-order valence-electron chi connectivity index (χ3n) is 3.13. The molecule has 0 aliphatic rings. The average molecular weight is 305 g/mol. The van der Waals surface area contributed by atoms with Crippen molar-refractivity contribution in [3.8, 4) is 0 Å². The number of non-ortho nitro benzene ring substituents is 1. The minimum Gasteiger partial charge on any atom is -0.373 e. The van der Waals surface area contributed by atoms with E-state index >= 15 is 0 Å². The van der Waals surface area contributed by atoms with E-state index in [1.165, 1.54) is 24.3 Å². The maximum Gasteiger partial charge on any atom is 0.299 e. The van der Waals surface area contributed by atoms with Gasteiger partial charge in [-0.1, -0.05) is 12.1 Å². The average Bonchev–Trinajstić information content (AvgIpc) is 2.47. The molecule has 1 atom stereocenters. The summed E-state index contributed by atoms with van der Waals surface area (Å²) in [5.41, 5.74) is 0.149. The van der Waals surface area contributed by atoms with Crippen molar-refractivity contribution in [3.63, 3.8) is 0 Å². The highest BCUT2D eigenvalue weighted by Crippen LogP contribution is 2.31. The number of rotatable bonds is 5. The molecule has 2 aromatic carbocycles. The maximum atomic E-state index is 12.9. The van der Waals surface area contributed by atoms with Crippen molar-refractivity contribution in [2.45, 2.75) is 13.0 Å². The third kappa shape index (κ3) is 3.35. The fourth-order valence-corrected chi connectivity index (χ4v) is 1.97. The summed E-state index contributed by atoms with van der Waals surface area (Å²) < 4.78 is 12.9. The van der Waals surface area contributed by atoms with Crippen LogP contribution in [0.2, 0.25) is 0 Å². The monoisotopic (exact) mass is 305 g/mol. The molecular formula is C14H12FN3O4. The zero-order chi connectivity index (χ0) is 16.3. The molecule has 2 aromatic rings. The van der Waals surface area contributed by atoms with Crippen LogP contribution in [0.25, 0.3) is 0 Å². The Labute approximate surface area is 124 Å². The van der Waals surface area contributed by atoms with Crippen molar-refractivity contribution in [2.75, 3.05) is 5.32 Å². The number of nitrogens with zero attached hydrogens (tertiary/aromatic N) is 2. The van der Waals surface area contributed by atoms with Gasteiger partial charge in [0, 0.05) is 12.1 Å². The van der Waals surface area contributed by atoms with E-state index in [4.69, 9.17) is 0 Å². The molecular weight excluding hydrogens is 293 g/mol. The number of nitro groups is 2. The predicted molar refractivity (Wildman–Crippen MR) is 78.2 cm³/mol. The zero-order valence-electron chi connectivity index (χ0n) is 11.5. The molecule has 2 rings (SSSR count). The van der Waals surface area contributed by atoms with Crippen LogP contribution in [-0.2, 0) is 0 Å². The summed E-state index contributed by atoms with van der Waals surface area (Å²) in [5.74, 6) is -0.378. The number of hydrogen-bond donors (Lipinski definition) is 1. The molecule has 7 nitrogen and oxygen atoms in total. The smallest absolute Gasteiger partial charge is 0.299 e. The second-order valence-corrected chi connectivity index (χ2v) is 4.63. The fourth-order valence-electron chi connectivity index (χ4n) is 1.97. The van der Waals surface area contributed by atoms with Gasteiger partial charge in [-0.3, -0.25) is 20.2 Å². The summed E-state index contributed by atoms with van der Waals surface area (Å²) in [4.78, 5) is 20.4. The Morgan fingerprint density at radius 2 is 1.68 bits per heavy atom. The number of anilines is 1. The molecule has 0 unspecified atom stereocenters. The van der Waals surface area contributed by atoms with Gasteiger partial charge in [-0.2, -0.15) is 0 Å². The first-order chi connectivity index (χ1) is 10.4. The van der Waals surface area contributed by atoms with Crippen LogP contribution < -0.4 is 5.32 Å². The Bertz CT molecular complexity index is 719. The number of benzene rings is 2. The zero-order valence-corrected chi connectivity index (χ0v) is 11.5. The highest BCUT2D eigenvalue weighted by atomic mass is 19.1. The topological polar surface area (TPSA) is 98.3 Å². The lowest BCUT2D eigenvalue weighted by atomic mass is 10.1. The first-order valence-corrected chi connectivity index (χ1v) is 6.33. The molecule has 8 heteroatoms. The van der Waals surface area contributed by atoms with Crippen molar-refractivity contribution in [3.05, 3.63) is 74.1 Å². The third-order valence-corrected chi connectivity index (χ3v) is 3.13. The van der Waals surface area contributed by atoms with Crippen LogP contribution in [0.15, 0.2) is 42.5 Å². The van der Waals surface area contributed by atoms with Crippen molar-refractivity contribution >= 4 is 17.1 Å². The van der Waals surface area contributed by atoms with E-state index in [0.717, 1.165) is 11.6 Å². The molecule has 0 heterocycles. The van der Waals surface area contributed by atoms with Crippen molar-refractivity contribution < 1.29 is 14.2 Å². The lowest BCUT2D eigenvalue weighted by molar-refractivity contribution is -0.393. The van der Waals surface area contributed by atoms with E-state index in [2.05, 4.69) is 5.32 Å². The summed E-state index contributed by atoms with van der Waals surface area (Å²) in [5, 5.41) is 24.6. The molecule has 1 N–H and O–H groups in total. The molecule has 114 valence electrons. The van der Waals surface area contributed by atoms with Crippen LogP contribution in [-0.4, -0.2) is 9.85 Å². The summed E-state index contributed by atoms with van der Waals surface area (Å²) in [7, 11) is 0. The quantitative estimate of drug-likeness (QED) is 0.669. The van der Waals surface area contributed by atoms with Gasteiger partial charge in [0.25, 0.3) is 11.4 Å². The molecule has 22 heavy (non-hydrogen) atoms. The molecule has 0 saturated carbocycles. The SMILES string of the molecule is C[C@@H](Nc1ccc([N+](=O)[O-])cc1[N+](=O)[O-])c1ccc(F)cc1. The van der Waals surface area contributed by atoms with Crippen LogP contribution in [0.1, 0.15) is 18.5 Å². The molecule has 0 aliphatic heterocycles. The van der Waals surface area contributed by atoms with Crippen LogP contribution >= 0.6 is 0 Å². The highest BCUT2D eigenvalue weighted by molar-refractivity contribution is 5.66. The number of hydrogen-bond acceptors (Lipinski definition) is 5. The van der Waals surface area contributed by atoms with E-state index in [-0.39, 0.29) is 28.9 Å². The Morgan fingerprint density at radius 1 is 1.05 bits per heavy atom. The molecule has 0 fully saturated rings. The van der Waals surface area contributed by atoms with Crippen molar-refractivity contribution in [2.24, 2.45) is 0 Å². The van der Waals surface area contributed by atoms with Gasteiger partial charge in [0.05, 0.1) is 15.9 Å². The van der Waals surface area contributed by atoms with Crippen LogP contribution in [0.4, 0.5) is 21.5 Å². The number of nitrogens with one attached hydrogen (secondary N) is 1. The molecule has 0 aliphatic carbocycles. The summed E-state index contributed by atoms with van der Waals surface area (Å²) in [6.45, 7) is 1.75. The van der Waals surface area contributed by atoms with Gasteiger partial charge in [0.2, 0.25) is 0 Å². The van der Waals surface area contributed by atoms with Crippen LogP contribution in [0, 0.1) is 26.0 Å². The Balaban J connectivity index is 2.30. The number of nitro benzene ring substituents is 2. The van der Waals surface area contributed by atoms with E-state index in [0.29, 0.717) is 0 Å². The first kappa shape index (κ1) is 15.4. The maximum absolute atomic E-state index is 12.9. The van der Waals surface area contributed by atoms with Gasteiger partial charge in [-0.15, -0.1) is 0 Å². The Kier molecular flexibility index (Phi) is 4.31. The Hall–Kier alpha value is -3.03. The summed E-state index contributed by atoms with van der Waals surface area (Å²) in [6, 6.07) is 8.74. The summed E-state index contributed by atoms with van der Waals surface area (Å²) in [6.07, 6.45) is 0. The fraction of sp³-hybridized carbons (Fsp3) is 0.143. The normalized spacial score (nSPS) is 11.7. The molecule has 0 aromatic heterocycles. The highest BCUT2D eigenvalue weighted by Gasteiger charge is 2.20. The van der Waals surface area contributed by atoms with Gasteiger partial charge < -0.3 is 5.32 Å². The van der Waals surface area contributed by atoms with Crippen molar-refractivity contribution in [1.29, 1.82) is 0 Å². The second kappa shape index (κ2) is 6.17. The Morgan fingerprint density at radius 3 is 2.23 bits per heavy atom. The largest absolute Gasteiger partial charge is 0.373 e. The van der Waals surface area contributed by atoms with Gasteiger partial charge in [0.15, 0.2) is 0 Å². The molecule has 0 amide bonds. The molecule has 0 spiro atoms. The second-order valence-electron chi connectivity index (χ2n) is 4.63. The predicted octanol–water partition coefficient (Wildman–Crippen LogP) is 3.82. The van der Waals surface area contributed by atoms with Gasteiger partial charge >= 0.3 is 0 Å². The molecule has 0 bridgehead atoms. The minimum atomic E-state index is -0.694. The van der Waals surface area contributed by atoms with E-state index in [1.807, 2.05) is 0 Å². The van der Waals surface area contributed by atoms with Crippen molar-refractivity contribution in [1.82, 2.24) is 0 Å². The molecule has 0 radical (unpaired) electrons. The molecule has 0 saturated heterocycles. The van der Waals surface area contributed by atoms with Gasteiger partial charge in [0.1, 0.15) is 11.5 Å². The first-order valence-electron chi connectivity index (χ1n) is 6.33. The number of halogens is 1. The lowest BCUT2D eigenvalue weighted by Crippen LogP contribution is -2.08. The summed E-state index contributed by atoms with van der Waals surface area (Å²) >= 11 is 0. The van der Waals surface area contributed by atoms with Gasteiger partial charge in [-0.25, -0.2) is 4.39 Å². The minimum absolute atomic E-state index is 0.160. The van der Waals surface area contributed by atoms with Crippen LogP contribution in [0.3, 0.4) is 0 Å². The standard InChI is InChI=1S/C14H12FN3O4/c1-9(10-2-4-11(15)5-3-10)16-13-7-6-12(17(19)20)8-14(13)18(21)22/h2-9,16H,1H3/t9-/m1/s1. The van der Waals surface area contributed by atoms with Gasteiger partial charge in [-0.05, 0) is 30.7 Å². The van der Waals surface area contributed by atoms with E-state index in [1.54, 1.807) is 19.1 Å².